The fraction of sp³-hybridized carbons (Fsp3) is 0.750. The van der Waals surface area contributed by atoms with Crippen LogP contribution in [-0.2, 0) is 9.47 Å². The molecule has 0 amide bonds. The quantitative estimate of drug-likeness (QED) is 0.544. The Morgan fingerprint density at radius 1 is 0.917 bits per heavy atom. The van der Waals surface area contributed by atoms with E-state index in [9.17, 15) is 10.2 Å². The maximum atomic E-state index is 9.43. The SMILES string of the molecule is CO[C@H]1C=C[C@H](OC)[C@@H](O)[C@H]1O. The Morgan fingerprint density at radius 3 is 1.50 bits per heavy atom. The van der Waals surface area contributed by atoms with E-state index in [1.165, 1.54) is 14.2 Å². The van der Waals surface area contributed by atoms with Crippen LogP contribution in [0.4, 0.5) is 0 Å². The summed E-state index contributed by atoms with van der Waals surface area (Å²) in [6.07, 6.45) is 0.671. The van der Waals surface area contributed by atoms with Crippen molar-refractivity contribution in [3.05, 3.63) is 12.2 Å². The molecule has 0 radical (unpaired) electrons. The summed E-state index contributed by atoms with van der Waals surface area (Å²) in [6.45, 7) is 0. The third-order valence-corrected chi connectivity index (χ3v) is 2.06. The number of hydrogen-bond acceptors (Lipinski definition) is 4. The molecule has 0 heterocycles. The van der Waals surface area contributed by atoms with Gasteiger partial charge in [-0.15, -0.1) is 0 Å². The summed E-state index contributed by atoms with van der Waals surface area (Å²) in [4.78, 5) is 0. The maximum Gasteiger partial charge on any atom is 0.112 e. The van der Waals surface area contributed by atoms with E-state index in [-0.39, 0.29) is 0 Å². The lowest BCUT2D eigenvalue weighted by atomic mass is 9.96. The van der Waals surface area contributed by atoms with Crippen molar-refractivity contribution in [3.63, 3.8) is 0 Å². The van der Waals surface area contributed by atoms with Crippen LogP contribution in [0.1, 0.15) is 0 Å². The second-order valence-corrected chi connectivity index (χ2v) is 2.77. The van der Waals surface area contributed by atoms with E-state index in [0.29, 0.717) is 0 Å². The van der Waals surface area contributed by atoms with Crippen molar-refractivity contribution in [1.82, 2.24) is 0 Å². The monoisotopic (exact) mass is 174 g/mol. The van der Waals surface area contributed by atoms with Gasteiger partial charge in [0.2, 0.25) is 0 Å². The van der Waals surface area contributed by atoms with Gasteiger partial charge in [-0.05, 0) is 0 Å². The Hall–Kier alpha value is -0.420. The molecule has 2 N–H and O–H groups in total. The number of aliphatic hydroxyl groups excluding tert-OH is 2. The third kappa shape index (κ3) is 1.67. The highest BCUT2D eigenvalue weighted by atomic mass is 16.5. The molecule has 1 rings (SSSR count). The van der Waals surface area contributed by atoms with Gasteiger partial charge in [0.25, 0.3) is 0 Å². The summed E-state index contributed by atoms with van der Waals surface area (Å²) in [5.74, 6) is 0. The van der Waals surface area contributed by atoms with Crippen molar-refractivity contribution in [1.29, 1.82) is 0 Å². The van der Waals surface area contributed by atoms with Gasteiger partial charge in [-0.3, -0.25) is 0 Å². The number of hydrogen-bond donors (Lipinski definition) is 2. The van der Waals surface area contributed by atoms with Gasteiger partial charge in [0.1, 0.15) is 24.4 Å². The van der Waals surface area contributed by atoms with E-state index in [2.05, 4.69) is 0 Å². The zero-order chi connectivity index (χ0) is 9.14. The third-order valence-electron chi connectivity index (χ3n) is 2.06. The Morgan fingerprint density at radius 2 is 1.25 bits per heavy atom. The second-order valence-electron chi connectivity index (χ2n) is 2.77. The molecule has 0 unspecified atom stereocenters. The molecule has 4 nitrogen and oxygen atoms in total. The molecule has 0 saturated heterocycles. The van der Waals surface area contributed by atoms with E-state index in [1.807, 2.05) is 0 Å². The summed E-state index contributed by atoms with van der Waals surface area (Å²) < 4.78 is 9.83. The van der Waals surface area contributed by atoms with Crippen LogP contribution in [0.25, 0.3) is 0 Å². The van der Waals surface area contributed by atoms with Gasteiger partial charge in [0, 0.05) is 14.2 Å². The molecule has 0 bridgehead atoms. The molecule has 12 heavy (non-hydrogen) atoms. The summed E-state index contributed by atoms with van der Waals surface area (Å²) >= 11 is 0. The number of ether oxygens (including phenoxy) is 2. The molecule has 0 aromatic heterocycles. The summed E-state index contributed by atoms with van der Waals surface area (Å²) in [6, 6.07) is 0. The minimum atomic E-state index is -0.912. The number of methoxy groups -OCH3 is 2. The summed E-state index contributed by atoms with van der Waals surface area (Å²) in [7, 11) is 2.97. The van der Waals surface area contributed by atoms with Gasteiger partial charge in [-0.25, -0.2) is 0 Å². The van der Waals surface area contributed by atoms with E-state index < -0.39 is 24.4 Å². The average Bonchev–Trinajstić information content (AvgIpc) is 2.10. The highest BCUT2D eigenvalue weighted by molar-refractivity contribution is 5.08. The molecule has 1 aliphatic carbocycles. The molecular weight excluding hydrogens is 160 g/mol. The lowest BCUT2D eigenvalue weighted by Gasteiger charge is -2.31. The van der Waals surface area contributed by atoms with E-state index in [0.717, 1.165) is 0 Å². The van der Waals surface area contributed by atoms with Gasteiger partial charge in [-0.2, -0.15) is 0 Å². The fourth-order valence-corrected chi connectivity index (χ4v) is 1.27. The van der Waals surface area contributed by atoms with Crippen LogP contribution in [0.15, 0.2) is 12.2 Å². The summed E-state index contributed by atoms with van der Waals surface area (Å²) in [5.41, 5.74) is 0. The van der Waals surface area contributed by atoms with Crippen molar-refractivity contribution in [2.24, 2.45) is 0 Å². The lowest BCUT2D eigenvalue weighted by Crippen LogP contribution is -2.47. The highest BCUT2D eigenvalue weighted by Crippen LogP contribution is 2.17. The van der Waals surface area contributed by atoms with Crippen LogP contribution in [0.2, 0.25) is 0 Å². The number of aliphatic hydroxyl groups is 2. The molecule has 4 heteroatoms. The largest absolute Gasteiger partial charge is 0.387 e. The van der Waals surface area contributed by atoms with Gasteiger partial charge in [-0.1, -0.05) is 12.2 Å². The number of rotatable bonds is 2. The first-order chi connectivity index (χ1) is 5.70. The van der Waals surface area contributed by atoms with Gasteiger partial charge >= 0.3 is 0 Å². The smallest absolute Gasteiger partial charge is 0.112 e. The average molecular weight is 174 g/mol. The molecular formula is C8H14O4. The second kappa shape index (κ2) is 4.00. The van der Waals surface area contributed by atoms with Crippen molar-refractivity contribution in [3.8, 4) is 0 Å². The van der Waals surface area contributed by atoms with E-state index >= 15 is 0 Å². The molecule has 0 aromatic carbocycles. The van der Waals surface area contributed by atoms with Gasteiger partial charge in [0.05, 0.1) is 0 Å². The van der Waals surface area contributed by atoms with Crippen LogP contribution >= 0.6 is 0 Å². The Balaban J connectivity index is 2.68. The predicted octanol–water partition coefficient (Wildman–Crippen LogP) is -0.692. The first-order valence-electron chi connectivity index (χ1n) is 3.80. The van der Waals surface area contributed by atoms with Crippen LogP contribution in [0.3, 0.4) is 0 Å². The lowest BCUT2D eigenvalue weighted by molar-refractivity contribution is -0.106. The van der Waals surface area contributed by atoms with Crippen LogP contribution in [-0.4, -0.2) is 48.8 Å². The molecule has 0 aromatic rings. The highest BCUT2D eigenvalue weighted by Gasteiger charge is 2.33. The molecule has 0 aliphatic heterocycles. The predicted molar refractivity (Wildman–Crippen MR) is 42.7 cm³/mol. The molecule has 0 fully saturated rings. The first-order valence-corrected chi connectivity index (χ1v) is 3.80. The van der Waals surface area contributed by atoms with Gasteiger partial charge < -0.3 is 19.7 Å². The minimum Gasteiger partial charge on any atom is -0.387 e. The van der Waals surface area contributed by atoms with E-state index in [4.69, 9.17) is 9.47 Å². The van der Waals surface area contributed by atoms with Crippen LogP contribution in [0.5, 0.6) is 0 Å². The summed E-state index contributed by atoms with van der Waals surface area (Å²) in [5, 5.41) is 18.9. The van der Waals surface area contributed by atoms with Crippen LogP contribution in [0, 0.1) is 0 Å². The normalized spacial score (nSPS) is 41.7. The van der Waals surface area contributed by atoms with Crippen LogP contribution < -0.4 is 0 Å². The Bertz CT molecular complexity index is 150. The zero-order valence-electron chi connectivity index (χ0n) is 7.18. The Kier molecular flexibility index (Phi) is 3.22. The van der Waals surface area contributed by atoms with Gasteiger partial charge in [0.15, 0.2) is 0 Å². The molecule has 70 valence electrons. The fourth-order valence-electron chi connectivity index (χ4n) is 1.27. The molecule has 1 aliphatic rings. The van der Waals surface area contributed by atoms with Crippen molar-refractivity contribution in [2.75, 3.05) is 14.2 Å². The standard InChI is InChI=1S/C8H14O4/c1-11-5-3-4-6(12-2)8(10)7(5)9/h3-10H,1-2H3/t5-,6-,7-,8+/m0/s1. The molecule has 0 saturated carbocycles. The van der Waals surface area contributed by atoms with Crippen molar-refractivity contribution < 1.29 is 19.7 Å². The zero-order valence-corrected chi connectivity index (χ0v) is 7.18. The molecule has 4 atom stereocenters. The van der Waals surface area contributed by atoms with Crippen molar-refractivity contribution in [2.45, 2.75) is 24.4 Å². The molecule has 0 spiro atoms. The Labute approximate surface area is 71.4 Å². The van der Waals surface area contributed by atoms with Crippen molar-refractivity contribution >= 4 is 0 Å². The van der Waals surface area contributed by atoms with E-state index in [1.54, 1.807) is 12.2 Å². The maximum absolute atomic E-state index is 9.43. The first kappa shape index (κ1) is 9.67. The minimum absolute atomic E-state index is 0.439. The topological polar surface area (TPSA) is 58.9 Å².